The maximum absolute atomic E-state index is 8.92. The molecule has 0 unspecified atom stereocenters. The molecule has 1 aliphatic rings. The van der Waals surface area contributed by atoms with Crippen molar-refractivity contribution in [3.8, 4) is 12.4 Å². The normalized spacial score (nSPS) is 11.7. The zero-order chi connectivity index (χ0) is 13.9. The Morgan fingerprint density at radius 3 is 1.15 bits per heavy atom. The van der Waals surface area contributed by atoms with Crippen LogP contribution in [0.15, 0.2) is 58.5 Å². The number of nitriles is 2. The molecule has 0 heterocycles. The molecular weight excluding hydrogens is 248 g/mol. The van der Waals surface area contributed by atoms with Gasteiger partial charge in [-0.25, -0.2) is 0 Å². The molecule has 0 radical (unpaired) electrons. The van der Waals surface area contributed by atoms with Gasteiger partial charge in [0.05, 0.1) is 11.4 Å². The second-order valence-electron chi connectivity index (χ2n) is 4.21. The highest BCUT2D eigenvalue weighted by Gasteiger charge is 2.26. The van der Waals surface area contributed by atoms with E-state index >= 15 is 0 Å². The van der Waals surface area contributed by atoms with Gasteiger partial charge in [0.2, 0.25) is 12.4 Å². The summed E-state index contributed by atoms with van der Waals surface area (Å²) in [5.74, 6) is 0. The molecule has 4 heteroatoms. The van der Waals surface area contributed by atoms with Gasteiger partial charge in [0.15, 0.2) is 0 Å². The number of aliphatic imine (C=N–C) groups is 2. The van der Waals surface area contributed by atoms with Crippen LogP contribution in [-0.2, 0) is 0 Å². The molecule has 0 amide bonds. The maximum Gasteiger partial charge on any atom is 0.206 e. The van der Waals surface area contributed by atoms with E-state index in [1.165, 1.54) is 0 Å². The minimum atomic E-state index is 0.621. The van der Waals surface area contributed by atoms with Crippen molar-refractivity contribution in [2.45, 2.75) is 0 Å². The second-order valence-corrected chi connectivity index (χ2v) is 4.21. The molecule has 0 N–H and O–H groups in total. The molecule has 0 aromatic heterocycles. The summed E-state index contributed by atoms with van der Waals surface area (Å²) in [7, 11) is 0. The van der Waals surface area contributed by atoms with Crippen LogP contribution in [-0.4, -0.2) is 11.4 Å². The fourth-order valence-corrected chi connectivity index (χ4v) is 2.42. The Labute approximate surface area is 116 Å². The van der Waals surface area contributed by atoms with Gasteiger partial charge in [-0.3, -0.25) is 0 Å². The fraction of sp³-hybridized carbons (Fsp3) is 0. The quantitative estimate of drug-likeness (QED) is 0.580. The fourth-order valence-electron chi connectivity index (χ4n) is 2.42. The van der Waals surface area contributed by atoms with E-state index in [1.807, 2.05) is 60.9 Å². The smallest absolute Gasteiger partial charge is 0.172 e. The maximum atomic E-state index is 8.92. The predicted molar refractivity (Wildman–Crippen MR) is 75.4 cm³/mol. The van der Waals surface area contributed by atoms with Crippen molar-refractivity contribution < 1.29 is 0 Å². The van der Waals surface area contributed by atoms with Crippen molar-refractivity contribution in [3.05, 3.63) is 70.8 Å². The monoisotopic (exact) mass is 256 g/mol. The minimum Gasteiger partial charge on any atom is -0.172 e. The van der Waals surface area contributed by atoms with Gasteiger partial charge >= 0.3 is 0 Å². The lowest BCUT2D eigenvalue weighted by atomic mass is 9.83. The standard InChI is InChI=1S/C16H8N4/c17-9-19-15-11-5-1-2-6-12(11)16(20-10-18)14-8-4-3-7-13(14)15/h1-8H. The van der Waals surface area contributed by atoms with E-state index in [4.69, 9.17) is 10.5 Å². The van der Waals surface area contributed by atoms with Crippen LogP contribution in [0.5, 0.6) is 0 Å². The molecule has 2 aromatic carbocycles. The molecule has 1 aliphatic carbocycles. The van der Waals surface area contributed by atoms with Gasteiger partial charge in [0.25, 0.3) is 0 Å². The summed E-state index contributed by atoms with van der Waals surface area (Å²) in [6.07, 6.45) is 3.70. The molecule has 92 valence electrons. The van der Waals surface area contributed by atoms with Crippen molar-refractivity contribution >= 4 is 11.4 Å². The van der Waals surface area contributed by atoms with Crippen molar-refractivity contribution in [1.29, 1.82) is 10.5 Å². The third-order valence-electron chi connectivity index (χ3n) is 3.20. The number of fused-ring (bicyclic) bond motifs is 2. The lowest BCUT2D eigenvalue weighted by molar-refractivity contribution is 1.38. The van der Waals surface area contributed by atoms with Crippen LogP contribution < -0.4 is 0 Å². The van der Waals surface area contributed by atoms with Gasteiger partial charge in [-0.2, -0.15) is 20.5 Å². The second kappa shape index (κ2) is 4.79. The Hall–Kier alpha value is -3.24. The molecule has 0 aliphatic heterocycles. The first-order chi connectivity index (χ1) is 9.86. The van der Waals surface area contributed by atoms with E-state index in [2.05, 4.69) is 9.98 Å². The van der Waals surface area contributed by atoms with E-state index in [1.54, 1.807) is 0 Å². The molecule has 0 fully saturated rings. The molecule has 4 nitrogen and oxygen atoms in total. The first-order valence-corrected chi connectivity index (χ1v) is 6.00. The van der Waals surface area contributed by atoms with Crippen molar-refractivity contribution in [2.75, 3.05) is 0 Å². The summed E-state index contributed by atoms with van der Waals surface area (Å²) in [5.41, 5.74) is 4.53. The SMILES string of the molecule is N#CN=C1c2ccccc2C(=NC#N)c2ccccc21. The third-order valence-corrected chi connectivity index (χ3v) is 3.20. The molecule has 0 atom stereocenters. The van der Waals surface area contributed by atoms with E-state index in [0.29, 0.717) is 11.4 Å². The molecule has 0 saturated heterocycles. The largest absolute Gasteiger partial charge is 0.206 e. The minimum absolute atomic E-state index is 0.621. The van der Waals surface area contributed by atoms with Crippen LogP contribution in [0.4, 0.5) is 0 Å². The van der Waals surface area contributed by atoms with E-state index in [-0.39, 0.29) is 0 Å². The van der Waals surface area contributed by atoms with E-state index < -0.39 is 0 Å². The number of rotatable bonds is 0. The molecule has 0 bridgehead atoms. The summed E-state index contributed by atoms with van der Waals surface area (Å²) in [6, 6.07) is 15.0. The molecule has 2 aromatic rings. The van der Waals surface area contributed by atoms with Crippen LogP contribution in [0, 0.1) is 22.9 Å². The van der Waals surface area contributed by atoms with Crippen LogP contribution in [0.2, 0.25) is 0 Å². The Morgan fingerprint density at radius 1 is 0.600 bits per heavy atom. The highest BCUT2D eigenvalue weighted by Crippen LogP contribution is 2.28. The van der Waals surface area contributed by atoms with Gasteiger partial charge in [0.1, 0.15) is 0 Å². The zero-order valence-corrected chi connectivity index (χ0v) is 10.4. The topological polar surface area (TPSA) is 72.3 Å². The number of benzene rings is 2. The highest BCUT2D eigenvalue weighted by molar-refractivity contribution is 6.31. The van der Waals surface area contributed by atoms with Crippen molar-refractivity contribution in [3.63, 3.8) is 0 Å². The van der Waals surface area contributed by atoms with Crippen LogP contribution >= 0.6 is 0 Å². The van der Waals surface area contributed by atoms with Gasteiger partial charge < -0.3 is 0 Å². The Balaban J connectivity index is 2.42. The summed E-state index contributed by atoms with van der Waals surface area (Å²) in [6.45, 7) is 0. The number of hydrogen-bond acceptors (Lipinski definition) is 4. The summed E-state index contributed by atoms with van der Waals surface area (Å²) >= 11 is 0. The van der Waals surface area contributed by atoms with Gasteiger partial charge in [0, 0.05) is 22.3 Å². The molecule has 3 rings (SSSR count). The molecule has 0 saturated carbocycles. The highest BCUT2D eigenvalue weighted by atomic mass is 14.8. The average molecular weight is 256 g/mol. The molecular formula is C16H8N4. The lowest BCUT2D eigenvalue weighted by Gasteiger charge is -2.21. The van der Waals surface area contributed by atoms with E-state index in [9.17, 15) is 0 Å². The lowest BCUT2D eigenvalue weighted by Crippen LogP contribution is -2.21. The zero-order valence-electron chi connectivity index (χ0n) is 10.4. The van der Waals surface area contributed by atoms with Crippen molar-refractivity contribution in [1.82, 2.24) is 0 Å². The van der Waals surface area contributed by atoms with Crippen LogP contribution in [0.1, 0.15) is 22.3 Å². The third kappa shape index (κ3) is 1.68. The summed E-state index contributed by atoms with van der Waals surface area (Å²) < 4.78 is 0. The predicted octanol–water partition coefficient (Wildman–Crippen LogP) is 2.64. The van der Waals surface area contributed by atoms with Crippen molar-refractivity contribution in [2.24, 2.45) is 9.98 Å². The summed E-state index contributed by atoms with van der Waals surface area (Å²) in [4.78, 5) is 7.89. The summed E-state index contributed by atoms with van der Waals surface area (Å²) in [5, 5.41) is 17.8. The Kier molecular flexibility index (Phi) is 2.84. The van der Waals surface area contributed by atoms with Gasteiger partial charge in [-0.15, -0.1) is 0 Å². The molecule has 0 spiro atoms. The molecule has 20 heavy (non-hydrogen) atoms. The van der Waals surface area contributed by atoms with Crippen LogP contribution in [0.3, 0.4) is 0 Å². The Bertz CT molecular complexity index is 711. The first kappa shape index (κ1) is 11.8. The van der Waals surface area contributed by atoms with Crippen LogP contribution in [0.25, 0.3) is 0 Å². The first-order valence-electron chi connectivity index (χ1n) is 6.00. The van der Waals surface area contributed by atoms with Gasteiger partial charge in [-0.1, -0.05) is 48.5 Å². The number of nitrogens with zero attached hydrogens (tertiary/aromatic N) is 4. The average Bonchev–Trinajstić information content (AvgIpc) is 2.50. The van der Waals surface area contributed by atoms with Gasteiger partial charge in [-0.05, 0) is 0 Å². The van der Waals surface area contributed by atoms with E-state index in [0.717, 1.165) is 22.3 Å². The Morgan fingerprint density at radius 2 is 0.900 bits per heavy atom. The number of hydrogen-bond donors (Lipinski definition) is 0.